The van der Waals surface area contributed by atoms with Crippen molar-refractivity contribution in [3.63, 3.8) is 0 Å². The largest absolute Gasteiger partial charge is 0.465 e. The van der Waals surface area contributed by atoms with E-state index >= 15 is 0 Å². The zero-order chi connectivity index (χ0) is 13.8. The molecule has 1 rings (SSSR count). The van der Waals surface area contributed by atoms with E-state index in [1.54, 1.807) is 6.07 Å². The summed E-state index contributed by atoms with van der Waals surface area (Å²) in [5, 5.41) is 0. The lowest BCUT2D eigenvalue weighted by Crippen LogP contribution is -2.36. The molecule has 4 nitrogen and oxygen atoms in total. The van der Waals surface area contributed by atoms with Gasteiger partial charge < -0.3 is 15.4 Å². The van der Waals surface area contributed by atoms with E-state index in [1.165, 1.54) is 7.11 Å². The van der Waals surface area contributed by atoms with E-state index in [0.29, 0.717) is 5.56 Å². The van der Waals surface area contributed by atoms with Gasteiger partial charge in [0.1, 0.15) is 0 Å². The Morgan fingerprint density at radius 2 is 2.11 bits per heavy atom. The summed E-state index contributed by atoms with van der Waals surface area (Å²) in [6.07, 6.45) is 0.881. The molecule has 18 heavy (non-hydrogen) atoms. The molecule has 0 bridgehead atoms. The quantitative estimate of drug-likeness (QED) is 0.812. The molecule has 1 aromatic carbocycles. The van der Waals surface area contributed by atoms with Gasteiger partial charge in [-0.2, -0.15) is 0 Å². The Balaban J connectivity index is 2.74. The predicted octanol–water partition coefficient (Wildman–Crippen LogP) is 2.04. The molecule has 0 heterocycles. The van der Waals surface area contributed by atoms with Crippen LogP contribution in [0, 0.1) is 0 Å². The summed E-state index contributed by atoms with van der Waals surface area (Å²) < 4.78 is 4.71. The molecule has 0 radical (unpaired) electrons. The fourth-order valence-electron chi connectivity index (χ4n) is 1.57. The number of hydrogen-bond donors (Lipinski definition) is 1. The number of nitrogens with two attached hydrogens (primary N) is 1. The highest BCUT2D eigenvalue weighted by molar-refractivity contribution is 5.90. The number of rotatable bonds is 5. The smallest absolute Gasteiger partial charge is 0.337 e. The van der Waals surface area contributed by atoms with Crippen molar-refractivity contribution in [1.82, 2.24) is 0 Å². The highest BCUT2D eigenvalue weighted by Gasteiger charge is 2.13. The van der Waals surface area contributed by atoms with Gasteiger partial charge in [0.05, 0.1) is 12.7 Å². The van der Waals surface area contributed by atoms with Crippen LogP contribution in [-0.4, -0.2) is 32.2 Å². The Morgan fingerprint density at radius 1 is 1.44 bits per heavy atom. The monoisotopic (exact) mass is 250 g/mol. The first kappa shape index (κ1) is 14.5. The third kappa shape index (κ3) is 4.37. The molecule has 0 fully saturated rings. The Morgan fingerprint density at radius 3 is 2.67 bits per heavy atom. The van der Waals surface area contributed by atoms with Crippen LogP contribution in [0.3, 0.4) is 0 Å². The molecule has 0 saturated carbocycles. The van der Waals surface area contributed by atoms with Crippen LogP contribution in [-0.2, 0) is 4.74 Å². The second-order valence-electron chi connectivity index (χ2n) is 5.20. The first-order valence-corrected chi connectivity index (χ1v) is 6.02. The van der Waals surface area contributed by atoms with Crippen LogP contribution in [0.25, 0.3) is 0 Å². The highest BCUT2D eigenvalue weighted by Crippen LogP contribution is 2.17. The van der Waals surface area contributed by atoms with Crippen molar-refractivity contribution in [3.05, 3.63) is 29.8 Å². The van der Waals surface area contributed by atoms with Crippen LogP contribution >= 0.6 is 0 Å². The van der Waals surface area contributed by atoms with Crippen LogP contribution < -0.4 is 10.6 Å². The standard InChI is InChI=1S/C14H22N2O2/c1-14(2,15)8-9-16(3)12-7-5-6-11(10-12)13(17)18-4/h5-7,10H,8-9,15H2,1-4H3. The van der Waals surface area contributed by atoms with Crippen molar-refractivity contribution in [2.45, 2.75) is 25.8 Å². The number of carbonyl (C=O) groups excluding carboxylic acids is 1. The summed E-state index contributed by atoms with van der Waals surface area (Å²) in [5.74, 6) is -0.315. The van der Waals surface area contributed by atoms with Crippen molar-refractivity contribution >= 4 is 11.7 Å². The molecular weight excluding hydrogens is 228 g/mol. The van der Waals surface area contributed by atoms with E-state index in [1.807, 2.05) is 39.1 Å². The van der Waals surface area contributed by atoms with Gasteiger partial charge in [0, 0.05) is 24.8 Å². The fraction of sp³-hybridized carbons (Fsp3) is 0.500. The molecule has 2 N–H and O–H groups in total. The number of anilines is 1. The van der Waals surface area contributed by atoms with E-state index in [2.05, 4.69) is 4.90 Å². The van der Waals surface area contributed by atoms with Gasteiger partial charge in [-0.15, -0.1) is 0 Å². The number of carbonyl (C=O) groups is 1. The number of benzene rings is 1. The second kappa shape index (κ2) is 5.87. The molecule has 0 saturated heterocycles. The van der Waals surface area contributed by atoms with E-state index in [-0.39, 0.29) is 11.5 Å². The van der Waals surface area contributed by atoms with Gasteiger partial charge in [-0.05, 0) is 38.5 Å². The molecule has 0 aromatic heterocycles. The number of methoxy groups -OCH3 is 1. The molecule has 4 heteroatoms. The van der Waals surface area contributed by atoms with Gasteiger partial charge in [0.25, 0.3) is 0 Å². The number of nitrogens with zero attached hydrogens (tertiary/aromatic N) is 1. The molecule has 100 valence electrons. The predicted molar refractivity (Wildman–Crippen MR) is 73.9 cm³/mol. The fourth-order valence-corrected chi connectivity index (χ4v) is 1.57. The minimum absolute atomic E-state index is 0.186. The topological polar surface area (TPSA) is 55.6 Å². The molecule has 0 amide bonds. The average Bonchev–Trinajstić information content (AvgIpc) is 2.34. The lowest BCUT2D eigenvalue weighted by molar-refractivity contribution is 0.0601. The summed E-state index contributed by atoms with van der Waals surface area (Å²) in [6.45, 7) is 4.85. The van der Waals surface area contributed by atoms with E-state index < -0.39 is 0 Å². The van der Waals surface area contributed by atoms with E-state index in [4.69, 9.17) is 10.5 Å². The zero-order valence-electron chi connectivity index (χ0n) is 11.6. The molecule has 0 aliphatic heterocycles. The number of ether oxygens (including phenoxy) is 1. The molecule has 0 aliphatic rings. The zero-order valence-corrected chi connectivity index (χ0v) is 11.6. The maximum atomic E-state index is 11.4. The average molecular weight is 250 g/mol. The second-order valence-corrected chi connectivity index (χ2v) is 5.20. The van der Waals surface area contributed by atoms with Gasteiger partial charge in [-0.3, -0.25) is 0 Å². The minimum atomic E-state index is -0.315. The van der Waals surface area contributed by atoms with Crippen LogP contribution in [0.4, 0.5) is 5.69 Å². The maximum Gasteiger partial charge on any atom is 0.337 e. The van der Waals surface area contributed by atoms with Gasteiger partial charge in [0.15, 0.2) is 0 Å². The van der Waals surface area contributed by atoms with Crippen LogP contribution in [0.1, 0.15) is 30.6 Å². The van der Waals surface area contributed by atoms with Gasteiger partial charge in [-0.1, -0.05) is 6.07 Å². The normalized spacial score (nSPS) is 11.2. The SMILES string of the molecule is COC(=O)c1cccc(N(C)CCC(C)(C)N)c1. The molecule has 0 unspecified atom stereocenters. The van der Waals surface area contributed by atoms with Crippen LogP contribution in [0.5, 0.6) is 0 Å². The Bertz CT molecular complexity index is 411. The third-order valence-corrected chi connectivity index (χ3v) is 2.80. The third-order valence-electron chi connectivity index (χ3n) is 2.80. The van der Waals surface area contributed by atoms with Crippen molar-refractivity contribution in [2.24, 2.45) is 5.73 Å². The van der Waals surface area contributed by atoms with Crippen LogP contribution in [0.15, 0.2) is 24.3 Å². The van der Waals surface area contributed by atoms with Gasteiger partial charge >= 0.3 is 5.97 Å². The summed E-state index contributed by atoms with van der Waals surface area (Å²) in [7, 11) is 3.37. The Labute approximate surface area is 109 Å². The summed E-state index contributed by atoms with van der Waals surface area (Å²) >= 11 is 0. The number of esters is 1. The van der Waals surface area contributed by atoms with Crippen molar-refractivity contribution < 1.29 is 9.53 Å². The summed E-state index contributed by atoms with van der Waals surface area (Å²) in [6, 6.07) is 7.40. The lowest BCUT2D eigenvalue weighted by Gasteiger charge is -2.25. The maximum absolute atomic E-state index is 11.4. The van der Waals surface area contributed by atoms with Gasteiger partial charge in [-0.25, -0.2) is 4.79 Å². The summed E-state index contributed by atoms with van der Waals surface area (Å²) in [5.41, 5.74) is 7.33. The molecule has 0 spiro atoms. The van der Waals surface area contributed by atoms with Crippen molar-refractivity contribution in [1.29, 1.82) is 0 Å². The first-order valence-electron chi connectivity index (χ1n) is 6.02. The minimum Gasteiger partial charge on any atom is -0.465 e. The lowest BCUT2D eigenvalue weighted by atomic mass is 10.0. The molecule has 0 aliphatic carbocycles. The number of hydrogen-bond acceptors (Lipinski definition) is 4. The van der Waals surface area contributed by atoms with E-state index in [0.717, 1.165) is 18.7 Å². The molecule has 0 atom stereocenters. The highest BCUT2D eigenvalue weighted by atomic mass is 16.5. The Hall–Kier alpha value is -1.55. The van der Waals surface area contributed by atoms with Crippen molar-refractivity contribution in [2.75, 3.05) is 25.6 Å². The first-order chi connectivity index (χ1) is 8.33. The molecule has 1 aromatic rings. The van der Waals surface area contributed by atoms with Gasteiger partial charge in [0.2, 0.25) is 0 Å². The van der Waals surface area contributed by atoms with Crippen LogP contribution in [0.2, 0.25) is 0 Å². The summed E-state index contributed by atoms with van der Waals surface area (Å²) in [4.78, 5) is 13.5. The van der Waals surface area contributed by atoms with E-state index in [9.17, 15) is 4.79 Å². The Kier molecular flexibility index (Phi) is 4.73. The molecular formula is C14H22N2O2. The van der Waals surface area contributed by atoms with Crippen molar-refractivity contribution in [3.8, 4) is 0 Å².